The normalized spacial score (nSPS) is 18.3. The standard InChI is InChI=1S/C30H25ClN2O4/c1-4-13-32-23-12-8-6-10-21(23)30(29(32)36)25-26(34)20-14-17(2)18(3)15-24(20)37-27(25)28(35)33(30)16-19-9-5-7-11-22(19)31/h5-12,14-15H,4,13,16H2,1-3H3. The predicted molar refractivity (Wildman–Crippen MR) is 143 cm³/mol. The van der Waals surface area contributed by atoms with E-state index in [1.807, 2.05) is 63.2 Å². The first-order valence-electron chi connectivity index (χ1n) is 12.4. The number of benzene rings is 3. The van der Waals surface area contributed by atoms with Crippen molar-refractivity contribution in [1.82, 2.24) is 4.90 Å². The van der Waals surface area contributed by atoms with Crippen LogP contribution in [0.4, 0.5) is 5.69 Å². The number of aryl methyl sites for hydroxylation is 2. The van der Waals surface area contributed by atoms with Gasteiger partial charge in [0.1, 0.15) is 5.58 Å². The molecular weight excluding hydrogens is 488 g/mol. The molecule has 2 aliphatic rings. The Morgan fingerprint density at radius 2 is 1.65 bits per heavy atom. The third-order valence-corrected chi connectivity index (χ3v) is 7.95. The Morgan fingerprint density at radius 1 is 0.946 bits per heavy atom. The molecule has 3 aromatic carbocycles. The van der Waals surface area contributed by atoms with E-state index in [0.29, 0.717) is 45.8 Å². The minimum absolute atomic E-state index is 0.0383. The van der Waals surface area contributed by atoms with Crippen molar-refractivity contribution in [2.45, 2.75) is 39.3 Å². The van der Waals surface area contributed by atoms with Crippen molar-refractivity contribution < 1.29 is 14.0 Å². The van der Waals surface area contributed by atoms with Gasteiger partial charge in [-0.3, -0.25) is 14.4 Å². The molecule has 0 saturated carbocycles. The molecule has 6 rings (SSSR count). The molecule has 6 nitrogen and oxygen atoms in total. The summed E-state index contributed by atoms with van der Waals surface area (Å²) in [4.78, 5) is 46.0. The van der Waals surface area contributed by atoms with Crippen molar-refractivity contribution in [2.75, 3.05) is 11.4 Å². The summed E-state index contributed by atoms with van der Waals surface area (Å²) >= 11 is 6.50. The number of rotatable bonds is 4. The van der Waals surface area contributed by atoms with Crippen molar-refractivity contribution in [3.8, 4) is 0 Å². The Bertz CT molecular complexity index is 1690. The van der Waals surface area contributed by atoms with Gasteiger partial charge in [-0.05, 0) is 61.2 Å². The third kappa shape index (κ3) is 3.08. The topological polar surface area (TPSA) is 70.8 Å². The highest BCUT2D eigenvalue weighted by molar-refractivity contribution is 6.31. The molecule has 37 heavy (non-hydrogen) atoms. The first-order chi connectivity index (χ1) is 17.8. The SMILES string of the molecule is CCCN1C(=O)C2(c3ccccc31)c1c(oc3cc(C)c(C)cc3c1=O)C(=O)N2Cc1ccccc1Cl. The second kappa shape index (κ2) is 8.32. The lowest BCUT2D eigenvalue weighted by Gasteiger charge is -2.34. The maximum atomic E-state index is 14.5. The van der Waals surface area contributed by atoms with Crippen molar-refractivity contribution >= 4 is 40.1 Å². The van der Waals surface area contributed by atoms with E-state index >= 15 is 0 Å². The van der Waals surface area contributed by atoms with Gasteiger partial charge in [-0.25, -0.2) is 0 Å². The van der Waals surface area contributed by atoms with Gasteiger partial charge < -0.3 is 14.2 Å². The zero-order chi connectivity index (χ0) is 26.1. The van der Waals surface area contributed by atoms with Crippen LogP contribution >= 0.6 is 11.6 Å². The fourth-order valence-electron chi connectivity index (χ4n) is 5.71. The minimum Gasteiger partial charge on any atom is -0.450 e. The number of para-hydroxylation sites is 1. The molecule has 0 radical (unpaired) electrons. The first-order valence-corrected chi connectivity index (χ1v) is 12.7. The number of halogens is 1. The summed E-state index contributed by atoms with van der Waals surface area (Å²) in [5.74, 6) is -0.923. The lowest BCUT2D eigenvalue weighted by Crippen LogP contribution is -2.53. The van der Waals surface area contributed by atoms with E-state index in [1.165, 1.54) is 4.90 Å². The molecular formula is C30H25ClN2O4. The highest BCUT2D eigenvalue weighted by Gasteiger charge is 2.64. The minimum atomic E-state index is -1.65. The van der Waals surface area contributed by atoms with Crippen LogP contribution in [0.3, 0.4) is 0 Å². The number of amides is 2. The molecule has 7 heteroatoms. The zero-order valence-corrected chi connectivity index (χ0v) is 21.6. The van der Waals surface area contributed by atoms with Crippen LogP contribution in [0.25, 0.3) is 11.0 Å². The predicted octanol–water partition coefficient (Wildman–Crippen LogP) is 5.72. The number of carbonyl (C=O) groups is 2. The molecule has 1 spiro atoms. The van der Waals surface area contributed by atoms with Crippen LogP contribution in [-0.2, 0) is 16.9 Å². The molecule has 0 bridgehead atoms. The van der Waals surface area contributed by atoms with Gasteiger partial charge in [-0.1, -0.05) is 54.9 Å². The number of hydrogen-bond acceptors (Lipinski definition) is 4. The fourth-order valence-corrected chi connectivity index (χ4v) is 5.91. The quantitative estimate of drug-likeness (QED) is 0.350. The van der Waals surface area contributed by atoms with Crippen LogP contribution in [0, 0.1) is 13.8 Å². The van der Waals surface area contributed by atoms with E-state index < -0.39 is 11.4 Å². The van der Waals surface area contributed by atoms with Crippen molar-refractivity contribution in [1.29, 1.82) is 0 Å². The number of anilines is 1. The van der Waals surface area contributed by atoms with Gasteiger partial charge in [-0.2, -0.15) is 0 Å². The van der Waals surface area contributed by atoms with Gasteiger partial charge in [0, 0.05) is 23.7 Å². The Labute approximate surface area is 219 Å². The van der Waals surface area contributed by atoms with Crippen LogP contribution in [0.5, 0.6) is 0 Å². The molecule has 1 aromatic heterocycles. The van der Waals surface area contributed by atoms with Crippen LogP contribution in [0.1, 0.15) is 51.7 Å². The van der Waals surface area contributed by atoms with Gasteiger partial charge in [0.05, 0.1) is 16.6 Å². The third-order valence-electron chi connectivity index (χ3n) is 7.59. The van der Waals surface area contributed by atoms with E-state index in [2.05, 4.69) is 0 Å². The molecule has 0 N–H and O–H groups in total. The summed E-state index contributed by atoms with van der Waals surface area (Å²) in [7, 11) is 0. The van der Waals surface area contributed by atoms with E-state index in [-0.39, 0.29) is 29.2 Å². The summed E-state index contributed by atoms with van der Waals surface area (Å²) in [5.41, 5.74) is 2.24. The van der Waals surface area contributed by atoms with E-state index in [4.69, 9.17) is 16.0 Å². The smallest absolute Gasteiger partial charge is 0.291 e. The number of hydrogen-bond donors (Lipinski definition) is 0. The summed E-state index contributed by atoms with van der Waals surface area (Å²) in [5, 5.41) is 0.828. The Balaban J connectivity index is 1.72. The maximum absolute atomic E-state index is 14.5. The summed E-state index contributed by atoms with van der Waals surface area (Å²) < 4.78 is 6.18. The van der Waals surface area contributed by atoms with Gasteiger partial charge in [0.2, 0.25) is 5.76 Å². The second-order valence-corrected chi connectivity index (χ2v) is 10.1. The Kier molecular flexibility index (Phi) is 5.28. The molecule has 2 amide bonds. The lowest BCUT2D eigenvalue weighted by molar-refractivity contribution is -0.126. The fraction of sp³-hybridized carbons (Fsp3) is 0.233. The summed E-state index contributed by atoms with van der Waals surface area (Å²) in [6, 6.07) is 18.1. The van der Waals surface area contributed by atoms with Gasteiger partial charge in [0.25, 0.3) is 11.8 Å². The summed E-state index contributed by atoms with van der Waals surface area (Å²) in [6.07, 6.45) is 0.715. The zero-order valence-electron chi connectivity index (χ0n) is 20.8. The Hall–Kier alpha value is -3.90. The van der Waals surface area contributed by atoms with Crippen molar-refractivity contribution in [3.63, 3.8) is 0 Å². The van der Waals surface area contributed by atoms with Crippen molar-refractivity contribution in [2.24, 2.45) is 0 Å². The van der Waals surface area contributed by atoms with Crippen LogP contribution < -0.4 is 10.3 Å². The molecule has 1 atom stereocenters. The highest BCUT2D eigenvalue weighted by Crippen LogP contribution is 2.53. The highest BCUT2D eigenvalue weighted by atomic mass is 35.5. The number of carbonyl (C=O) groups excluding carboxylic acids is 2. The van der Waals surface area contributed by atoms with Crippen LogP contribution in [-0.4, -0.2) is 23.3 Å². The summed E-state index contributed by atoms with van der Waals surface area (Å²) in [6.45, 7) is 6.33. The lowest BCUT2D eigenvalue weighted by atomic mass is 9.83. The molecule has 2 aliphatic heterocycles. The average Bonchev–Trinajstić information content (AvgIpc) is 3.27. The largest absolute Gasteiger partial charge is 0.450 e. The molecule has 186 valence electrons. The van der Waals surface area contributed by atoms with Crippen LogP contribution in [0.15, 0.2) is 69.9 Å². The molecule has 0 fully saturated rings. The maximum Gasteiger partial charge on any atom is 0.291 e. The monoisotopic (exact) mass is 512 g/mol. The molecule has 4 aromatic rings. The second-order valence-electron chi connectivity index (χ2n) is 9.73. The van der Waals surface area contributed by atoms with E-state index in [0.717, 1.165) is 11.1 Å². The number of nitrogens with zero attached hydrogens (tertiary/aromatic N) is 2. The van der Waals surface area contributed by atoms with E-state index in [1.54, 1.807) is 23.1 Å². The molecule has 1 unspecified atom stereocenters. The average molecular weight is 513 g/mol. The van der Waals surface area contributed by atoms with Gasteiger partial charge in [0.15, 0.2) is 11.0 Å². The van der Waals surface area contributed by atoms with E-state index in [9.17, 15) is 14.4 Å². The van der Waals surface area contributed by atoms with Gasteiger partial charge >= 0.3 is 0 Å². The molecule has 0 saturated heterocycles. The molecule has 3 heterocycles. The van der Waals surface area contributed by atoms with Crippen molar-refractivity contribution in [3.05, 3.63) is 109 Å². The number of fused-ring (bicyclic) bond motifs is 5. The van der Waals surface area contributed by atoms with Crippen LogP contribution in [0.2, 0.25) is 5.02 Å². The van der Waals surface area contributed by atoms with Gasteiger partial charge in [-0.15, -0.1) is 0 Å². The Morgan fingerprint density at radius 3 is 2.41 bits per heavy atom. The molecule has 0 aliphatic carbocycles. The first kappa shape index (κ1) is 23.5.